The molecule has 0 amide bonds. The molecule has 1 aromatic heterocycles. The predicted octanol–water partition coefficient (Wildman–Crippen LogP) is 2.93. The van der Waals surface area contributed by atoms with Crippen LogP contribution in [0.5, 0.6) is 0 Å². The largest absolute Gasteiger partial charge is 0.288 e. The van der Waals surface area contributed by atoms with Crippen molar-refractivity contribution in [3.05, 3.63) is 56.5 Å². The lowest BCUT2D eigenvalue weighted by Crippen LogP contribution is -2.18. The zero-order chi connectivity index (χ0) is 13.3. The highest BCUT2D eigenvalue weighted by molar-refractivity contribution is 7.79. The molecular formula is C13H13ClN2OS. The van der Waals surface area contributed by atoms with Gasteiger partial charge in [-0.2, -0.15) is 17.7 Å². The fraction of sp³-hybridized carbons (Fsp3) is 0.231. The van der Waals surface area contributed by atoms with Crippen LogP contribution >= 0.6 is 24.2 Å². The van der Waals surface area contributed by atoms with Gasteiger partial charge >= 0.3 is 0 Å². The van der Waals surface area contributed by atoms with Crippen molar-refractivity contribution >= 4 is 24.2 Å². The van der Waals surface area contributed by atoms with Gasteiger partial charge in [0.25, 0.3) is 0 Å². The van der Waals surface area contributed by atoms with E-state index in [4.69, 9.17) is 11.6 Å². The summed E-state index contributed by atoms with van der Waals surface area (Å²) in [7, 11) is 0. The number of rotatable bonds is 2. The lowest BCUT2D eigenvalue weighted by atomic mass is 10.2. The average molecular weight is 281 g/mol. The molecule has 1 heterocycles. The SMILES string of the molecule is Cc1ccc(Cl)cc1-n1nc(CS)c(=O)cc1C. The first kappa shape index (κ1) is 13.2. The Labute approximate surface area is 116 Å². The molecule has 0 aliphatic heterocycles. The van der Waals surface area contributed by atoms with E-state index in [9.17, 15) is 4.79 Å². The minimum atomic E-state index is -0.0848. The average Bonchev–Trinajstić information content (AvgIpc) is 2.33. The minimum absolute atomic E-state index is 0.0848. The molecule has 0 spiro atoms. The van der Waals surface area contributed by atoms with Crippen LogP contribution in [0.25, 0.3) is 5.69 Å². The van der Waals surface area contributed by atoms with Crippen LogP contribution in [0.2, 0.25) is 5.02 Å². The normalized spacial score (nSPS) is 10.7. The summed E-state index contributed by atoms with van der Waals surface area (Å²) in [6.45, 7) is 3.82. The Morgan fingerprint density at radius 3 is 2.72 bits per heavy atom. The Morgan fingerprint density at radius 2 is 2.06 bits per heavy atom. The van der Waals surface area contributed by atoms with E-state index in [2.05, 4.69) is 17.7 Å². The van der Waals surface area contributed by atoms with Gasteiger partial charge in [0.2, 0.25) is 5.43 Å². The summed E-state index contributed by atoms with van der Waals surface area (Å²) in [5.41, 5.74) is 3.05. The lowest BCUT2D eigenvalue weighted by molar-refractivity contribution is 0.769. The molecule has 0 aliphatic rings. The van der Waals surface area contributed by atoms with Gasteiger partial charge in [-0.3, -0.25) is 4.79 Å². The summed E-state index contributed by atoms with van der Waals surface area (Å²) in [6, 6.07) is 7.16. The van der Waals surface area contributed by atoms with Crippen LogP contribution in [0, 0.1) is 13.8 Å². The molecule has 5 heteroatoms. The molecule has 0 saturated carbocycles. The Morgan fingerprint density at radius 1 is 1.33 bits per heavy atom. The third-order valence-corrected chi connectivity index (χ3v) is 3.26. The van der Waals surface area contributed by atoms with Gasteiger partial charge in [-0.25, -0.2) is 4.68 Å². The molecule has 2 rings (SSSR count). The van der Waals surface area contributed by atoms with Gasteiger partial charge in [0.1, 0.15) is 5.69 Å². The van der Waals surface area contributed by atoms with Crippen LogP contribution < -0.4 is 5.43 Å². The fourth-order valence-electron chi connectivity index (χ4n) is 1.75. The lowest BCUT2D eigenvalue weighted by Gasteiger charge is -2.13. The van der Waals surface area contributed by atoms with Gasteiger partial charge in [0.15, 0.2) is 0 Å². The number of nitrogens with zero attached hydrogens (tertiary/aromatic N) is 2. The van der Waals surface area contributed by atoms with Crippen LogP contribution in [0.3, 0.4) is 0 Å². The van der Waals surface area contributed by atoms with E-state index >= 15 is 0 Å². The van der Waals surface area contributed by atoms with Crippen LogP contribution in [0.4, 0.5) is 0 Å². The molecule has 0 N–H and O–H groups in total. The number of benzene rings is 1. The van der Waals surface area contributed by atoms with Crippen molar-refractivity contribution in [2.75, 3.05) is 0 Å². The summed E-state index contributed by atoms with van der Waals surface area (Å²) in [4.78, 5) is 11.7. The van der Waals surface area contributed by atoms with Crippen molar-refractivity contribution in [3.8, 4) is 5.69 Å². The van der Waals surface area contributed by atoms with Crippen LogP contribution in [-0.4, -0.2) is 9.78 Å². The first-order valence-electron chi connectivity index (χ1n) is 5.50. The van der Waals surface area contributed by atoms with Crippen LogP contribution in [-0.2, 0) is 5.75 Å². The van der Waals surface area contributed by atoms with Crippen molar-refractivity contribution in [3.63, 3.8) is 0 Å². The van der Waals surface area contributed by atoms with Crippen LogP contribution in [0.15, 0.2) is 29.1 Å². The van der Waals surface area contributed by atoms with E-state index < -0.39 is 0 Å². The number of thiol groups is 1. The highest BCUT2D eigenvalue weighted by atomic mass is 35.5. The Bertz CT molecular complexity index is 652. The van der Waals surface area contributed by atoms with Crippen molar-refractivity contribution in [1.82, 2.24) is 9.78 Å². The van der Waals surface area contributed by atoms with Gasteiger partial charge in [-0.15, -0.1) is 0 Å². The third-order valence-electron chi connectivity index (χ3n) is 2.73. The van der Waals surface area contributed by atoms with E-state index in [0.717, 1.165) is 16.9 Å². The second-order valence-corrected chi connectivity index (χ2v) is 4.85. The van der Waals surface area contributed by atoms with E-state index in [1.807, 2.05) is 32.0 Å². The molecular weight excluding hydrogens is 268 g/mol. The molecule has 0 radical (unpaired) electrons. The molecule has 94 valence electrons. The Hall–Kier alpha value is -1.26. The molecule has 0 saturated heterocycles. The molecule has 0 atom stereocenters. The molecule has 0 fully saturated rings. The summed E-state index contributed by atoms with van der Waals surface area (Å²) >= 11 is 10.1. The second kappa shape index (κ2) is 5.16. The predicted molar refractivity (Wildman–Crippen MR) is 77.0 cm³/mol. The number of hydrogen-bond acceptors (Lipinski definition) is 3. The van der Waals surface area contributed by atoms with Crippen molar-refractivity contribution in [2.45, 2.75) is 19.6 Å². The zero-order valence-corrected chi connectivity index (χ0v) is 11.8. The first-order valence-corrected chi connectivity index (χ1v) is 6.51. The highest BCUT2D eigenvalue weighted by Crippen LogP contribution is 2.19. The number of aryl methyl sites for hydroxylation is 2. The smallest absolute Gasteiger partial charge is 0.204 e. The van der Waals surface area contributed by atoms with Crippen LogP contribution in [0.1, 0.15) is 17.0 Å². The molecule has 3 nitrogen and oxygen atoms in total. The quantitative estimate of drug-likeness (QED) is 0.859. The zero-order valence-electron chi connectivity index (χ0n) is 10.1. The number of halogens is 1. The maximum absolute atomic E-state index is 11.7. The van der Waals surface area contributed by atoms with Gasteiger partial charge in [0, 0.05) is 22.5 Å². The summed E-state index contributed by atoms with van der Waals surface area (Å²) < 4.78 is 1.73. The van der Waals surface area contributed by atoms with Gasteiger partial charge in [-0.1, -0.05) is 17.7 Å². The molecule has 2 aromatic rings. The highest BCUT2D eigenvalue weighted by Gasteiger charge is 2.08. The number of aromatic nitrogens is 2. The standard InChI is InChI=1S/C13H13ClN2OS/c1-8-3-4-10(14)6-12(8)16-9(2)5-13(17)11(7-18)15-16/h3-6,18H,7H2,1-2H3. The third kappa shape index (κ3) is 2.44. The Balaban J connectivity index is 2.70. The molecule has 0 aliphatic carbocycles. The maximum atomic E-state index is 11.7. The Kier molecular flexibility index (Phi) is 3.78. The summed E-state index contributed by atoms with van der Waals surface area (Å²) in [6.07, 6.45) is 0. The molecule has 18 heavy (non-hydrogen) atoms. The number of hydrogen-bond donors (Lipinski definition) is 1. The van der Waals surface area contributed by atoms with E-state index in [-0.39, 0.29) is 5.43 Å². The molecule has 0 bridgehead atoms. The monoisotopic (exact) mass is 280 g/mol. The molecule has 0 unspecified atom stereocenters. The van der Waals surface area contributed by atoms with Gasteiger partial charge < -0.3 is 0 Å². The summed E-state index contributed by atoms with van der Waals surface area (Å²) in [5.74, 6) is 0.318. The van der Waals surface area contributed by atoms with Crippen molar-refractivity contribution in [2.24, 2.45) is 0 Å². The van der Waals surface area contributed by atoms with E-state index in [0.29, 0.717) is 16.5 Å². The maximum Gasteiger partial charge on any atom is 0.204 e. The van der Waals surface area contributed by atoms with Gasteiger partial charge in [-0.05, 0) is 31.5 Å². The van der Waals surface area contributed by atoms with E-state index in [1.54, 1.807) is 10.7 Å². The topological polar surface area (TPSA) is 34.9 Å². The van der Waals surface area contributed by atoms with E-state index in [1.165, 1.54) is 0 Å². The minimum Gasteiger partial charge on any atom is -0.288 e. The van der Waals surface area contributed by atoms with Crippen molar-refractivity contribution < 1.29 is 0 Å². The van der Waals surface area contributed by atoms with Crippen molar-refractivity contribution in [1.29, 1.82) is 0 Å². The second-order valence-electron chi connectivity index (χ2n) is 4.10. The first-order chi connectivity index (χ1) is 8.52. The summed E-state index contributed by atoms with van der Waals surface area (Å²) in [5, 5.41) is 4.97. The fourth-order valence-corrected chi connectivity index (χ4v) is 2.13. The molecule has 1 aromatic carbocycles. The van der Waals surface area contributed by atoms with Gasteiger partial charge in [0.05, 0.1) is 5.69 Å².